The summed E-state index contributed by atoms with van der Waals surface area (Å²) in [6, 6.07) is -0.157. The van der Waals surface area contributed by atoms with Crippen molar-refractivity contribution in [1.29, 1.82) is 0 Å². The first-order valence-electron chi connectivity index (χ1n) is 3.84. The minimum Gasteiger partial charge on any atom is -0.354 e. The lowest BCUT2D eigenvalue weighted by Crippen LogP contribution is -2.24. The van der Waals surface area contributed by atoms with Crippen LogP contribution in [0.1, 0.15) is 12.5 Å². The molecule has 1 unspecified atom stereocenters. The summed E-state index contributed by atoms with van der Waals surface area (Å²) >= 11 is 4.89. The van der Waals surface area contributed by atoms with Gasteiger partial charge in [0.15, 0.2) is 4.77 Å². The Morgan fingerprint density at radius 3 is 2.62 bits per heavy atom. The molecule has 6 nitrogen and oxygen atoms in total. The van der Waals surface area contributed by atoms with E-state index in [2.05, 4.69) is 15.5 Å². The Labute approximate surface area is 77.9 Å². The van der Waals surface area contributed by atoms with E-state index >= 15 is 0 Å². The fraction of sp³-hybridized carbons (Fsp3) is 0.500. The zero-order chi connectivity index (χ0) is 9.42. The Bertz CT molecular complexity index is 414. The van der Waals surface area contributed by atoms with Crippen molar-refractivity contribution in [3.8, 4) is 0 Å². The summed E-state index contributed by atoms with van der Waals surface area (Å²) in [5.74, 6) is -0.0486. The number of nitrogens with zero attached hydrogens (tertiary/aromatic N) is 1. The number of rotatable bonds is 1. The smallest absolute Gasteiger partial charge is 0.342 e. The second-order valence-electron chi connectivity index (χ2n) is 2.89. The number of carbonyl (C=O) groups excluding carboxylic acids is 1. The molecule has 1 saturated heterocycles. The van der Waals surface area contributed by atoms with Crippen LogP contribution in [-0.4, -0.2) is 27.2 Å². The van der Waals surface area contributed by atoms with Gasteiger partial charge in [-0.3, -0.25) is 14.5 Å². The number of H-pyrrole nitrogens is 2. The molecular formula is C6H8N4O2S. The maximum absolute atomic E-state index is 11.2. The van der Waals surface area contributed by atoms with Crippen molar-refractivity contribution >= 4 is 18.1 Å². The van der Waals surface area contributed by atoms with E-state index in [4.69, 9.17) is 12.2 Å². The van der Waals surface area contributed by atoms with Crippen LogP contribution in [0.2, 0.25) is 0 Å². The van der Waals surface area contributed by atoms with Crippen LogP contribution in [0, 0.1) is 4.77 Å². The zero-order valence-corrected chi connectivity index (χ0v) is 7.48. The Hall–Kier alpha value is -1.37. The van der Waals surface area contributed by atoms with Crippen molar-refractivity contribution < 1.29 is 4.79 Å². The largest absolute Gasteiger partial charge is 0.354 e. The van der Waals surface area contributed by atoms with Gasteiger partial charge in [0.2, 0.25) is 5.91 Å². The predicted octanol–water partition coefficient (Wildman–Crippen LogP) is -0.705. The van der Waals surface area contributed by atoms with Gasteiger partial charge in [0.25, 0.3) is 0 Å². The van der Waals surface area contributed by atoms with Gasteiger partial charge in [-0.05, 0) is 12.2 Å². The number of aromatic nitrogens is 3. The van der Waals surface area contributed by atoms with Crippen LogP contribution in [0.15, 0.2) is 4.79 Å². The standard InChI is InChI=1S/C6H8N4O2S/c11-4-1-3(2-7-4)10-5(12)8-9-6(10)13/h3H,1-2H2,(H,7,11)(H,8,12)(H,9,13). The molecule has 2 heterocycles. The molecule has 1 amide bonds. The minimum atomic E-state index is -0.300. The van der Waals surface area contributed by atoms with Gasteiger partial charge >= 0.3 is 5.69 Å². The van der Waals surface area contributed by atoms with Crippen molar-refractivity contribution in [3.63, 3.8) is 0 Å². The first-order valence-corrected chi connectivity index (χ1v) is 4.25. The minimum absolute atomic E-state index is 0.0486. The van der Waals surface area contributed by atoms with Crippen molar-refractivity contribution in [1.82, 2.24) is 20.1 Å². The highest BCUT2D eigenvalue weighted by molar-refractivity contribution is 7.71. The number of amides is 1. The van der Waals surface area contributed by atoms with E-state index in [1.165, 1.54) is 4.57 Å². The van der Waals surface area contributed by atoms with Crippen LogP contribution in [-0.2, 0) is 4.79 Å². The lowest BCUT2D eigenvalue weighted by Gasteiger charge is -2.05. The van der Waals surface area contributed by atoms with E-state index in [1.54, 1.807) is 0 Å². The van der Waals surface area contributed by atoms with Crippen molar-refractivity contribution in [2.75, 3.05) is 6.54 Å². The SMILES string of the molecule is O=C1CC(n2c(=O)[nH][nH]c2=S)CN1. The predicted molar refractivity (Wildman–Crippen MR) is 46.9 cm³/mol. The summed E-state index contributed by atoms with van der Waals surface area (Å²) in [5.41, 5.74) is -0.300. The van der Waals surface area contributed by atoms with E-state index in [9.17, 15) is 9.59 Å². The van der Waals surface area contributed by atoms with E-state index in [0.717, 1.165) is 0 Å². The third-order valence-electron chi connectivity index (χ3n) is 2.03. The molecule has 0 aliphatic carbocycles. The average Bonchev–Trinajstić information content (AvgIpc) is 2.60. The lowest BCUT2D eigenvalue weighted by atomic mass is 10.2. The molecule has 1 fully saturated rings. The first kappa shape index (κ1) is 8.24. The molecule has 1 aromatic heterocycles. The third-order valence-corrected chi connectivity index (χ3v) is 2.33. The van der Waals surface area contributed by atoms with Crippen LogP contribution < -0.4 is 11.0 Å². The molecule has 7 heteroatoms. The molecule has 70 valence electrons. The molecule has 0 bridgehead atoms. The number of nitrogens with one attached hydrogen (secondary N) is 3. The molecule has 13 heavy (non-hydrogen) atoms. The summed E-state index contributed by atoms with van der Waals surface area (Å²) < 4.78 is 1.71. The monoisotopic (exact) mass is 200 g/mol. The van der Waals surface area contributed by atoms with E-state index in [-0.39, 0.29) is 17.6 Å². The quantitative estimate of drug-likeness (QED) is 0.524. The molecule has 0 spiro atoms. The van der Waals surface area contributed by atoms with Gasteiger partial charge in [0, 0.05) is 13.0 Å². The van der Waals surface area contributed by atoms with Gasteiger partial charge < -0.3 is 5.32 Å². The van der Waals surface area contributed by atoms with Crippen molar-refractivity contribution in [2.24, 2.45) is 0 Å². The second-order valence-corrected chi connectivity index (χ2v) is 3.28. The number of hydrogen-bond donors (Lipinski definition) is 3. The molecule has 0 radical (unpaired) electrons. The average molecular weight is 200 g/mol. The number of carbonyl (C=O) groups is 1. The highest BCUT2D eigenvalue weighted by Crippen LogP contribution is 2.12. The highest BCUT2D eigenvalue weighted by Gasteiger charge is 2.24. The normalized spacial score (nSPS) is 21.8. The molecule has 2 rings (SSSR count). The Balaban J connectivity index is 2.41. The Kier molecular flexibility index (Phi) is 1.80. The van der Waals surface area contributed by atoms with Gasteiger partial charge in [0.05, 0.1) is 6.04 Å². The summed E-state index contributed by atoms with van der Waals surface area (Å²) in [4.78, 5) is 22.1. The first-order chi connectivity index (χ1) is 6.18. The number of hydrogen-bond acceptors (Lipinski definition) is 3. The Morgan fingerprint density at radius 1 is 1.38 bits per heavy atom. The third kappa shape index (κ3) is 1.31. The zero-order valence-electron chi connectivity index (χ0n) is 6.66. The van der Waals surface area contributed by atoms with E-state index in [1.807, 2.05) is 0 Å². The molecule has 1 aliphatic rings. The van der Waals surface area contributed by atoms with Gasteiger partial charge in [-0.15, -0.1) is 0 Å². The highest BCUT2D eigenvalue weighted by atomic mass is 32.1. The summed E-state index contributed by atoms with van der Waals surface area (Å²) in [6.07, 6.45) is 0.315. The molecule has 1 atom stereocenters. The second kappa shape index (κ2) is 2.84. The summed E-state index contributed by atoms with van der Waals surface area (Å²) in [5, 5.41) is 7.54. The van der Waals surface area contributed by atoms with E-state index < -0.39 is 0 Å². The fourth-order valence-electron chi connectivity index (χ4n) is 1.42. The maximum atomic E-state index is 11.2. The maximum Gasteiger partial charge on any atom is 0.342 e. The van der Waals surface area contributed by atoms with Crippen LogP contribution in [0.3, 0.4) is 0 Å². The molecule has 0 aromatic carbocycles. The van der Waals surface area contributed by atoms with Gasteiger partial charge in [-0.25, -0.2) is 9.89 Å². The van der Waals surface area contributed by atoms with Crippen LogP contribution >= 0.6 is 12.2 Å². The van der Waals surface area contributed by atoms with Crippen LogP contribution in [0.5, 0.6) is 0 Å². The topological polar surface area (TPSA) is 82.7 Å². The Morgan fingerprint density at radius 2 is 2.15 bits per heavy atom. The molecule has 0 saturated carbocycles. The van der Waals surface area contributed by atoms with E-state index in [0.29, 0.717) is 17.7 Å². The summed E-state index contributed by atoms with van der Waals surface area (Å²) in [7, 11) is 0. The molecule has 1 aromatic rings. The van der Waals surface area contributed by atoms with Gasteiger partial charge in [0.1, 0.15) is 0 Å². The van der Waals surface area contributed by atoms with Gasteiger partial charge in [-0.2, -0.15) is 0 Å². The molecular weight excluding hydrogens is 192 g/mol. The van der Waals surface area contributed by atoms with Crippen molar-refractivity contribution in [2.45, 2.75) is 12.5 Å². The number of aromatic amines is 2. The summed E-state index contributed by atoms with van der Waals surface area (Å²) in [6.45, 7) is 0.466. The van der Waals surface area contributed by atoms with Crippen LogP contribution in [0.4, 0.5) is 0 Å². The lowest BCUT2D eigenvalue weighted by molar-refractivity contribution is -0.119. The fourth-order valence-corrected chi connectivity index (χ4v) is 1.71. The molecule has 3 N–H and O–H groups in total. The molecule has 1 aliphatic heterocycles. The van der Waals surface area contributed by atoms with Crippen LogP contribution in [0.25, 0.3) is 0 Å². The van der Waals surface area contributed by atoms with Crippen molar-refractivity contribution in [3.05, 3.63) is 15.3 Å². The van der Waals surface area contributed by atoms with Gasteiger partial charge in [-0.1, -0.05) is 0 Å².